The van der Waals surface area contributed by atoms with Crippen LogP contribution < -0.4 is 15.4 Å². The molecule has 2 saturated heterocycles. The number of carbonyl (C=O) groups excluding carboxylic acids is 2. The molecule has 2 aliphatic rings. The zero-order valence-corrected chi connectivity index (χ0v) is 17.3. The summed E-state index contributed by atoms with van der Waals surface area (Å²) in [7, 11) is 0. The minimum Gasteiger partial charge on any atom is -0.473 e. The number of carbonyl (C=O) groups is 2. The van der Waals surface area contributed by atoms with E-state index in [0.717, 1.165) is 57.7 Å². The van der Waals surface area contributed by atoms with Crippen molar-refractivity contribution in [3.05, 3.63) is 46.7 Å². The average molecular weight is 430 g/mol. The number of amides is 2. The van der Waals surface area contributed by atoms with Crippen LogP contribution in [0.4, 0.5) is 5.82 Å². The summed E-state index contributed by atoms with van der Waals surface area (Å²) in [5, 5.41) is 0.272. The molecule has 0 spiro atoms. The zero-order chi connectivity index (χ0) is 21.1. The number of hydrogen-bond acceptors (Lipinski definition) is 6. The van der Waals surface area contributed by atoms with Crippen molar-refractivity contribution in [1.29, 1.82) is 0 Å². The van der Waals surface area contributed by atoms with E-state index >= 15 is 0 Å². The number of pyridine rings is 2. The molecule has 0 saturated carbocycles. The molecule has 2 N–H and O–H groups in total. The normalized spacial score (nSPS) is 17.2. The summed E-state index contributed by atoms with van der Waals surface area (Å²) in [6.07, 6.45) is 6.73. The Balaban J connectivity index is 1.32. The molecule has 2 aliphatic heterocycles. The highest BCUT2D eigenvalue weighted by Gasteiger charge is 2.24. The lowest BCUT2D eigenvalue weighted by molar-refractivity contribution is 0.0792. The maximum Gasteiger partial charge on any atom is 0.255 e. The summed E-state index contributed by atoms with van der Waals surface area (Å²) in [6.45, 7) is 3.21. The van der Waals surface area contributed by atoms with E-state index in [0.29, 0.717) is 11.4 Å². The molecule has 0 radical (unpaired) electrons. The van der Waals surface area contributed by atoms with Crippen LogP contribution in [0.3, 0.4) is 0 Å². The van der Waals surface area contributed by atoms with Crippen LogP contribution in [0.15, 0.2) is 30.6 Å². The van der Waals surface area contributed by atoms with Crippen LogP contribution in [0.1, 0.15) is 46.4 Å². The first-order chi connectivity index (χ1) is 14.5. The highest BCUT2D eigenvalue weighted by atomic mass is 35.5. The van der Waals surface area contributed by atoms with Crippen molar-refractivity contribution < 1.29 is 14.3 Å². The zero-order valence-electron chi connectivity index (χ0n) is 16.6. The minimum absolute atomic E-state index is 0.0262. The van der Waals surface area contributed by atoms with Crippen LogP contribution in [0, 0.1) is 0 Å². The predicted molar refractivity (Wildman–Crippen MR) is 113 cm³/mol. The Morgan fingerprint density at radius 2 is 1.73 bits per heavy atom. The van der Waals surface area contributed by atoms with E-state index in [9.17, 15) is 9.59 Å². The van der Waals surface area contributed by atoms with E-state index in [1.165, 1.54) is 12.3 Å². The van der Waals surface area contributed by atoms with Gasteiger partial charge in [0.15, 0.2) is 0 Å². The van der Waals surface area contributed by atoms with E-state index in [4.69, 9.17) is 22.1 Å². The van der Waals surface area contributed by atoms with Crippen molar-refractivity contribution in [2.75, 3.05) is 31.1 Å². The first-order valence-electron chi connectivity index (χ1n) is 10.1. The molecule has 2 fully saturated rings. The van der Waals surface area contributed by atoms with Gasteiger partial charge in [-0.05, 0) is 31.0 Å². The molecule has 0 bridgehead atoms. The van der Waals surface area contributed by atoms with Gasteiger partial charge in [0, 0.05) is 51.4 Å². The lowest BCUT2D eigenvalue weighted by Crippen LogP contribution is -2.39. The molecule has 4 heterocycles. The number of anilines is 1. The third kappa shape index (κ3) is 4.48. The number of piperidine rings is 1. The van der Waals surface area contributed by atoms with Crippen LogP contribution >= 0.6 is 11.6 Å². The second-order valence-electron chi connectivity index (χ2n) is 7.58. The van der Waals surface area contributed by atoms with Gasteiger partial charge in [0.05, 0.1) is 11.1 Å². The highest BCUT2D eigenvalue weighted by Crippen LogP contribution is 2.27. The van der Waals surface area contributed by atoms with Crippen molar-refractivity contribution in [2.45, 2.75) is 31.8 Å². The molecule has 158 valence electrons. The second-order valence-corrected chi connectivity index (χ2v) is 7.99. The molecule has 0 atom stereocenters. The number of nitrogens with zero attached hydrogens (tertiary/aromatic N) is 4. The third-order valence-electron chi connectivity index (χ3n) is 5.52. The van der Waals surface area contributed by atoms with Crippen LogP contribution in [-0.2, 0) is 0 Å². The van der Waals surface area contributed by atoms with E-state index < -0.39 is 5.91 Å². The Bertz CT molecular complexity index is 923. The van der Waals surface area contributed by atoms with Gasteiger partial charge in [0.25, 0.3) is 5.91 Å². The summed E-state index contributed by atoms with van der Waals surface area (Å²) in [6, 6.07) is 5.23. The van der Waals surface area contributed by atoms with Gasteiger partial charge < -0.3 is 20.3 Å². The fraction of sp³-hybridized carbons (Fsp3) is 0.429. The Labute approximate surface area is 180 Å². The molecule has 8 nitrogen and oxygen atoms in total. The minimum atomic E-state index is -0.579. The van der Waals surface area contributed by atoms with E-state index in [1.807, 2.05) is 17.0 Å². The maximum atomic E-state index is 12.5. The molecule has 2 aromatic rings. The number of likely N-dealkylation sites (tertiary alicyclic amines) is 1. The monoisotopic (exact) mass is 429 g/mol. The van der Waals surface area contributed by atoms with Gasteiger partial charge in [0.2, 0.25) is 11.8 Å². The number of nitrogens with two attached hydrogens (primary N) is 1. The lowest BCUT2D eigenvalue weighted by atomic mass is 10.1. The van der Waals surface area contributed by atoms with Gasteiger partial charge in [-0.15, -0.1) is 0 Å². The third-order valence-corrected chi connectivity index (χ3v) is 5.80. The fourth-order valence-electron chi connectivity index (χ4n) is 3.81. The van der Waals surface area contributed by atoms with E-state index in [-0.39, 0.29) is 22.6 Å². The highest BCUT2D eigenvalue weighted by molar-refractivity contribution is 6.32. The maximum absolute atomic E-state index is 12.5. The molecule has 30 heavy (non-hydrogen) atoms. The topological polar surface area (TPSA) is 102 Å². The molecule has 2 aromatic heterocycles. The predicted octanol–water partition coefficient (Wildman–Crippen LogP) is 2.51. The SMILES string of the molecule is NC(=O)c1cnc(OC2CCN(c3ccc(C(=O)N4CCCC4)cn3)CC2)c(Cl)c1. The van der Waals surface area contributed by atoms with Crippen LogP contribution in [-0.4, -0.2) is 59.0 Å². The molecule has 0 aliphatic carbocycles. The van der Waals surface area contributed by atoms with Crippen molar-refractivity contribution in [2.24, 2.45) is 5.73 Å². The number of halogens is 1. The largest absolute Gasteiger partial charge is 0.473 e. The van der Waals surface area contributed by atoms with E-state index in [1.54, 1.807) is 6.20 Å². The summed E-state index contributed by atoms with van der Waals surface area (Å²) in [5.41, 5.74) is 6.12. The molecule has 0 aromatic carbocycles. The summed E-state index contributed by atoms with van der Waals surface area (Å²) in [4.78, 5) is 36.3. The summed E-state index contributed by atoms with van der Waals surface area (Å²) >= 11 is 6.16. The molecule has 2 amide bonds. The Morgan fingerprint density at radius 3 is 2.33 bits per heavy atom. The van der Waals surface area contributed by atoms with Gasteiger partial charge >= 0.3 is 0 Å². The lowest BCUT2D eigenvalue weighted by Gasteiger charge is -2.32. The Morgan fingerprint density at radius 1 is 1.03 bits per heavy atom. The second kappa shape index (κ2) is 8.87. The number of primary amides is 1. The van der Waals surface area contributed by atoms with Crippen LogP contribution in [0.2, 0.25) is 5.02 Å². The first-order valence-corrected chi connectivity index (χ1v) is 10.5. The smallest absolute Gasteiger partial charge is 0.255 e. The first kappa shape index (κ1) is 20.4. The van der Waals surface area contributed by atoms with E-state index in [2.05, 4.69) is 14.9 Å². The van der Waals surface area contributed by atoms with Gasteiger partial charge in [0.1, 0.15) is 16.9 Å². The van der Waals surface area contributed by atoms with Gasteiger partial charge in [-0.25, -0.2) is 9.97 Å². The summed E-state index contributed by atoms with van der Waals surface area (Å²) < 4.78 is 5.92. The van der Waals surface area contributed by atoms with Gasteiger partial charge in [-0.1, -0.05) is 11.6 Å². The Kier molecular flexibility index (Phi) is 6.03. The fourth-order valence-corrected chi connectivity index (χ4v) is 4.02. The molecular formula is C21H24ClN5O3. The standard InChI is InChI=1S/C21H24ClN5O3/c22-17-11-15(19(23)28)13-25-20(17)30-16-5-9-26(10-6-16)18-4-3-14(12-24-18)21(29)27-7-1-2-8-27/h3-4,11-13,16H,1-2,5-10H2,(H2,23,28). The van der Waals surface area contributed by atoms with Gasteiger partial charge in [-0.2, -0.15) is 0 Å². The quantitative estimate of drug-likeness (QED) is 0.783. The molecule has 9 heteroatoms. The van der Waals surface area contributed by atoms with Crippen molar-refractivity contribution in [1.82, 2.24) is 14.9 Å². The number of aromatic nitrogens is 2. The Hall–Kier alpha value is -2.87. The van der Waals surface area contributed by atoms with Crippen molar-refractivity contribution >= 4 is 29.2 Å². The molecular weight excluding hydrogens is 406 g/mol. The average Bonchev–Trinajstić information content (AvgIpc) is 3.30. The molecule has 0 unspecified atom stereocenters. The molecule has 4 rings (SSSR count). The van der Waals surface area contributed by atoms with Crippen molar-refractivity contribution in [3.63, 3.8) is 0 Å². The van der Waals surface area contributed by atoms with Crippen molar-refractivity contribution in [3.8, 4) is 5.88 Å². The van der Waals surface area contributed by atoms with Gasteiger partial charge in [-0.3, -0.25) is 9.59 Å². The summed E-state index contributed by atoms with van der Waals surface area (Å²) in [5.74, 6) is 0.645. The van der Waals surface area contributed by atoms with Crippen LogP contribution in [0.5, 0.6) is 5.88 Å². The van der Waals surface area contributed by atoms with Crippen LogP contribution in [0.25, 0.3) is 0 Å². The number of hydrogen-bond donors (Lipinski definition) is 1. The number of ether oxygens (including phenoxy) is 1. The number of rotatable bonds is 5.